The Morgan fingerprint density at radius 2 is 1.79 bits per heavy atom. The minimum atomic E-state index is -0.303. The number of para-hydroxylation sites is 1. The van der Waals surface area contributed by atoms with E-state index in [0.717, 1.165) is 23.0 Å². The first-order chi connectivity index (χ1) is 14.2. The number of hydrogen-bond donors (Lipinski definition) is 2. The zero-order valence-electron chi connectivity index (χ0n) is 16.3. The molecule has 0 bridgehead atoms. The van der Waals surface area contributed by atoms with Gasteiger partial charge in [0.05, 0.1) is 5.25 Å². The third-order valence-corrected chi connectivity index (χ3v) is 5.94. The van der Waals surface area contributed by atoms with Crippen LogP contribution in [0.2, 0.25) is 0 Å². The van der Waals surface area contributed by atoms with Crippen LogP contribution in [0.25, 0.3) is 0 Å². The molecule has 1 aromatic heterocycles. The fourth-order valence-electron chi connectivity index (χ4n) is 3.38. The molecule has 1 fully saturated rings. The van der Waals surface area contributed by atoms with Crippen LogP contribution in [-0.4, -0.2) is 26.3 Å². The zero-order valence-corrected chi connectivity index (χ0v) is 17.1. The number of aromatic nitrogens is 3. The summed E-state index contributed by atoms with van der Waals surface area (Å²) in [5.74, 6) is 2.85. The number of hydrogen-bond acceptors (Lipinski definition) is 5. The van der Waals surface area contributed by atoms with Crippen molar-refractivity contribution < 1.29 is 9.53 Å². The Balaban J connectivity index is 1.30. The van der Waals surface area contributed by atoms with Crippen LogP contribution >= 0.6 is 11.8 Å². The highest BCUT2D eigenvalue weighted by atomic mass is 32.2. The number of carbonyl (C=O) groups excluding carboxylic acids is 1. The quantitative estimate of drug-likeness (QED) is 0.514. The molecule has 7 heteroatoms. The number of H-pyrrole nitrogens is 1. The van der Waals surface area contributed by atoms with Crippen LogP contribution in [0, 0.1) is 0 Å². The van der Waals surface area contributed by atoms with Crippen molar-refractivity contribution in [2.24, 2.45) is 0 Å². The SMILES string of the molecule is CC(Sc1n[nH]c(C2CCCC2)n1)C(=O)Nc1ccc(Oc2ccccc2)cc1. The van der Waals surface area contributed by atoms with Crippen LogP contribution in [0.5, 0.6) is 11.5 Å². The molecular weight excluding hydrogens is 384 g/mol. The molecule has 1 unspecified atom stereocenters. The molecule has 2 aromatic carbocycles. The third kappa shape index (κ3) is 5.17. The summed E-state index contributed by atoms with van der Waals surface area (Å²) < 4.78 is 5.77. The Bertz CT molecular complexity index is 937. The smallest absolute Gasteiger partial charge is 0.237 e. The Hall–Kier alpha value is -2.80. The summed E-state index contributed by atoms with van der Waals surface area (Å²) in [6.07, 6.45) is 4.84. The first-order valence-electron chi connectivity index (χ1n) is 9.90. The van der Waals surface area contributed by atoms with Gasteiger partial charge in [-0.1, -0.05) is 42.8 Å². The lowest BCUT2D eigenvalue weighted by Gasteiger charge is -2.11. The number of nitrogens with zero attached hydrogens (tertiary/aromatic N) is 2. The molecule has 6 nitrogen and oxygen atoms in total. The monoisotopic (exact) mass is 408 g/mol. The topological polar surface area (TPSA) is 79.9 Å². The van der Waals surface area contributed by atoms with Crippen LogP contribution < -0.4 is 10.1 Å². The van der Waals surface area contributed by atoms with E-state index in [2.05, 4.69) is 20.5 Å². The molecule has 1 amide bonds. The van der Waals surface area contributed by atoms with Crippen LogP contribution in [-0.2, 0) is 4.79 Å². The Labute approximate surface area is 174 Å². The van der Waals surface area contributed by atoms with Gasteiger partial charge in [0, 0.05) is 11.6 Å². The summed E-state index contributed by atoms with van der Waals surface area (Å²) in [5.41, 5.74) is 0.726. The maximum absolute atomic E-state index is 12.5. The van der Waals surface area contributed by atoms with E-state index in [1.165, 1.54) is 37.4 Å². The minimum absolute atomic E-state index is 0.0843. The van der Waals surface area contributed by atoms with Crippen molar-refractivity contribution in [3.8, 4) is 11.5 Å². The lowest BCUT2D eigenvalue weighted by molar-refractivity contribution is -0.115. The average molecular weight is 409 g/mol. The fraction of sp³-hybridized carbons (Fsp3) is 0.318. The second-order valence-electron chi connectivity index (χ2n) is 7.17. The van der Waals surface area contributed by atoms with Crippen molar-refractivity contribution in [2.75, 3.05) is 5.32 Å². The highest BCUT2D eigenvalue weighted by molar-refractivity contribution is 8.00. The van der Waals surface area contributed by atoms with Gasteiger partial charge in [-0.15, -0.1) is 5.10 Å². The van der Waals surface area contributed by atoms with Crippen LogP contribution in [0.1, 0.15) is 44.3 Å². The number of carbonyl (C=O) groups is 1. The maximum atomic E-state index is 12.5. The molecule has 2 N–H and O–H groups in total. The number of benzene rings is 2. The van der Waals surface area contributed by atoms with Gasteiger partial charge < -0.3 is 10.1 Å². The third-order valence-electron chi connectivity index (χ3n) is 4.98. The van der Waals surface area contributed by atoms with E-state index in [1.807, 2.05) is 61.5 Å². The molecule has 29 heavy (non-hydrogen) atoms. The Morgan fingerprint density at radius 3 is 2.52 bits per heavy atom. The van der Waals surface area contributed by atoms with E-state index in [0.29, 0.717) is 11.1 Å². The van der Waals surface area contributed by atoms with E-state index >= 15 is 0 Å². The maximum Gasteiger partial charge on any atom is 0.237 e. The minimum Gasteiger partial charge on any atom is -0.457 e. The van der Waals surface area contributed by atoms with E-state index in [1.54, 1.807) is 0 Å². The summed E-state index contributed by atoms with van der Waals surface area (Å²) in [7, 11) is 0. The predicted octanol–water partition coefficient (Wildman–Crippen LogP) is 5.37. The van der Waals surface area contributed by atoms with Gasteiger partial charge in [-0.3, -0.25) is 9.89 Å². The van der Waals surface area contributed by atoms with E-state index in [9.17, 15) is 4.79 Å². The van der Waals surface area contributed by atoms with Gasteiger partial charge in [0.1, 0.15) is 17.3 Å². The standard InChI is InChI=1S/C22H24N4O2S/c1-15(29-22-24-20(25-26-22)16-7-5-6-8-16)21(27)23-17-11-13-19(14-12-17)28-18-9-3-2-4-10-18/h2-4,9-16H,5-8H2,1H3,(H,23,27)(H,24,25,26). The molecule has 0 saturated heterocycles. The molecule has 0 spiro atoms. The van der Waals surface area contributed by atoms with E-state index in [4.69, 9.17) is 4.74 Å². The van der Waals surface area contributed by atoms with Gasteiger partial charge in [-0.2, -0.15) is 0 Å². The fourth-order valence-corrected chi connectivity index (χ4v) is 4.11. The summed E-state index contributed by atoms with van der Waals surface area (Å²) >= 11 is 1.37. The van der Waals surface area contributed by atoms with Crippen molar-refractivity contribution in [1.29, 1.82) is 0 Å². The van der Waals surface area contributed by atoms with Crippen molar-refractivity contribution in [3.63, 3.8) is 0 Å². The number of aromatic amines is 1. The van der Waals surface area contributed by atoms with Crippen LogP contribution in [0.3, 0.4) is 0 Å². The number of nitrogens with one attached hydrogen (secondary N) is 2. The van der Waals surface area contributed by atoms with Crippen LogP contribution in [0.4, 0.5) is 5.69 Å². The normalized spacial score (nSPS) is 15.2. The molecule has 1 aliphatic rings. The van der Waals surface area contributed by atoms with Gasteiger partial charge in [0.25, 0.3) is 0 Å². The number of amides is 1. The molecule has 1 aliphatic carbocycles. The number of thioether (sulfide) groups is 1. The van der Waals surface area contributed by atoms with E-state index in [-0.39, 0.29) is 11.2 Å². The molecule has 4 rings (SSSR count). The molecule has 3 aromatic rings. The second kappa shape index (κ2) is 9.13. The van der Waals surface area contributed by atoms with Crippen molar-refractivity contribution >= 4 is 23.4 Å². The zero-order chi connectivity index (χ0) is 20.1. The lowest BCUT2D eigenvalue weighted by atomic mass is 10.1. The largest absolute Gasteiger partial charge is 0.457 e. The first-order valence-corrected chi connectivity index (χ1v) is 10.8. The van der Waals surface area contributed by atoms with Gasteiger partial charge in [-0.25, -0.2) is 4.98 Å². The Morgan fingerprint density at radius 1 is 1.10 bits per heavy atom. The molecule has 1 atom stereocenters. The highest BCUT2D eigenvalue weighted by Crippen LogP contribution is 2.33. The number of rotatable bonds is 7. The molecule has 0 aliphatic heterocycles. The van der Waals surface area contributed by atoms with Gasteiger partial charge in [-0.05, 0) is 56.2 Å². The number of anilines is 1. The summed E-state index contributed by atoms with van der Waals surface area (Å²) in [5, 5.41) is 10.6. The molecule has 0 radical (unpaired) electrons. The first kappa shape index (κ1) is 19.5. The van der Waals surface area contributed by atoms with Crippen molar-refractivity contribution in [3.05, 3.63) is 60.4 Å². The molecule has 1 saturated carbocycles. The molecule has 1 heterocycles. The summed E-state index contributed by atoms with van der Waals surface area (Å²) in [4.78, 5) is 17.1. The van der Waals surface area contributed by atoms with Gasteiger partial charge in [0.15, 0.2) is 0 Å². The lowest BCUT2D eigenvalue weighted by Crippen LogP contribution is -2.22. The van der Waals surface area contributed by atoms with Crippen LogP contribution in [0.15, 0.2) is 59.8 Å². The number of ether oxygens (including phenoxy) is 1. The van der Waals surface area contributed by atoms with Gasteiger partial charge >= 0.3 is 0 Å². The molecule has 150 valence electrons. The summed E-state index contributed by atoms with van der Waals surface area (Å²) in [6, 6.07) is 16.9. The van der Waals surface area contributed by atoms with E-state index < -0.39 is 0 Å². The van der Waals surface area contributed by atoms with Gasteiger partial charge in [0.2, 0.25) is 11.1 Å². The highest BCUT2D eigenvalue weighted by Gasteiger charge is 2.22. The summed E-state index contributed by atoms with van der Waals surface area (Å²) in [6.45, 7) is 1.86. The van der Waals surface area contributed by atoms with Crippen molar-refractivity contribution in [1.82, 2.24) is 15.2 Å². The predicted molar refractivity (Wildman–Crippen MR) is 114 cm³/mol. The Kier molecular flexibility index (Phi) is 6.14. The average Bonchev–Trinajstić information content (AvgIpc) is 3.42. The molecular formula is C22H24N4O2S. The second-order valence-corrected chi connectivity index (χ2v) is 8.48. The van der Waals surface area contributed by atoms with Crippen molar-refractivity contribution in [2.45, 2.75) is 48.9 Å².